The lowest BCUT2D eigenvalue weighted by Gasteiger charge is -2.10. The minimum atomic E-state index is -0.459. The maximum atomic E-state index is 11.3. The molecule has 0 spiro atoms. The van der Waals surface area contributed by atoms with Crippen LogP contribution in [0.15, 0.2) is 0 Å². The predicted octanol–water partition coefficient (Wildman–Crippen LogP) is 1.55. The minimum Gasteiger partial charge on any atom is -0.465 e. The maximum Gasteiger partial charge on any atom is 0.316 e. The Bertz CT molecular complexity index is 208. The van der Waals surface area contributed by atoms with Gasteiger partial charge in [0.2, 0.25) is 0 Å². The Morgan fingerprint density at radius 3 is 2.77 bits per heavy atom. The van der Waals surface area contributed by atoms with Crippen molar-refractivity contribution in [1.29, 1.82) is 0 Å². The molecule has 1 atom stereocenters. The Hall–Kier alpha value is -0.860. The van der Waals surface area contributed by atoms with Crippen molar-refractivity contribution < 1.29 is 14.3 Å². The molecule has 3 nitrogen and oxygen atoms in total. The van der Waals surface area contributed by atoms with Gasteiger partial charge < -0.3 is 4.74 Å². The van der Waals surface area contributed by atoms with E-state index in [0.717, 1.165) is 6.42 Å². The number of hydrogen-bond acceptors (Lipinski definition) is 3. The van der Waals surface area contributed by atoms with Crippen LogP contribution in [0, 0.1) is 11.8 Å². The molecule has 1 rings (SSSR count). The van der Waals surface area contributed by atoms with Crippen LogP contribution in [-0.2, 0) is 14.3 Å². The standard InChI is InChI=1S/C10H16O3/c1-7(2)6-13-10(12)8-4-3-5-9(8)11/h7-8H,3-6H2,1-2H3. The average molecular weight is 184 g/mol. The van der Waals surface area contributed by atoms with Gasteiger partial charge in [0.1, 0.15) is 11.7 Å². The van der Waals surface area contributed by atoms with Crippen molar-refractivity contribution in [3.63, 3.8) is 0 Å². The smallest absolute Gasteiger partial charge is 0.316 e. The van der Waals surface area contributed by atoms with Gasteiger partial charge in [-0.3, -0.25) is 9.59 Å². The zero-order chi connectivity index (χ0) is 9.84. The lowest BCUT2D eigenvalue weighted by Crippen LogP contribution is -2.22. The zero-order valence-corrected chi connectivity index (χ0v) is 8.21. The second-order valence-corrected chi connectivity index (χ2v) is 3.94. The summed E-state index contributed by atoms with van der Waals surface area (Å²) in [4.78, 5) is 22.5. The Labute approximate surface area is 78.5 Å². The number of carbonyl (C=O) groups excluding carboxylic acids is 2. The van der Waals surface area contributed by atoms with Crippen LogP contribution >= 0.6 is 0 Å². The van der Waals surface area contributed by atoms with Crippen molar-refractivity contribution in [1.82, 2.24) is 0 Å². The number of Topliss-reactive ketones (excluding diaryl/α,β-unsaturated/α-hetero) is 1. The molecule has 3 heteroatoms. The highest BCUT2D eigenvalue weighted by Crippen LogP contribution is 2.22. The summed E-state index contributed by atoms with van der Waals surface area (Å²) in [5.41, 5.74) is 0. The third-order valence-electron chi connectivity index (χ3n) is 2.15. The van der Waals surface area contributed by atoms with Gasteiger partial charge >= 0.3 is 5.97 Å². The molecule has 1 aliphatic rings. The van der Waals surface area contributed by atoms with Crippen LogP contribution in [0.2, 0.25) is 0 Å². The number of rotatable bonds is 3. The lowest BCUT2D eigenvalue weighted by atomic mass is 10.1. The van der Waals surface area contributed by atoms with Crippen LogP contribution in [0.4, 0.5) is 0 Å². The number of carbonyl (C=O) groups is 2. The van der Waals surface area contributed by atoms with Crippen molar-refractivity contribution in [2.75, 3.05) is 6.61 Å². The molecule has 74 valence electrons. The quantitative estimate of drug-likeness (QED) is 0.493. The van der Waals surface area contributed by atoms with Gasteiger partial charge in [-0.15, -0.1) is 0 Å². The fraction of sp³-hybridized carbons (Fsp3) is 0.800. The third-order valence-corrected chi connectivity index (χ3v) is 2.15. The molecule has 0 aromatic heterocycles. The maximum absolute atomic E-state index is 11.3. The predicted molar refractivity (Wildman–Crippen MR) is 48.1 cm³/mol. The molecule has 1 fully saturated rings. The highest BCUT2D eigenvalue weighted by atomic mass is 16.5. The minimum absolute atomic E-state index is 0.0498. The number of ketones is 1. The van der Waals surface area contributed by atoms with E-state index in [9.17, 15) is 9.59 Å². The van der Waals surface area contributed by atoms with Gasteiger partial charge in [0, 0.05) is 6.42 Å². The third kappa shape index (κ3) is 2.83. The van der Waals surface area contributed by atoms with Crippen LogP contribution in [0.5, 0.6) is 0 Å². The van der Waals surface area contributed by atoms with Gasteiger partial charge in [0.05, 0.1) is 6.61 Å². The highest BCUT2D eigenvalue weighted by molar-refractivity contribution is 6.00. The van der Waals surface area contributed by atoms with E-state index >= 15 is 0 Å². The summed E-state index contributed by atoms with van der Waals surface area (Å²) in [5.74, 6) is -0.399. The summed E-state index contributed by atoms with van der Waals surface area (Å²) in [6.45, 7) is 4.37. The Kier molecular flexibility index (Phi) is 3.46. The zero-order valence-electron chi connectivity index (χ0n) is 8.21. The molecule has 13 heavy (non-hydrogen) atoms. The molecule has 0 aromatic rings. The van der Waals surface area contributed by atoms with Crippen LogP contribution in [0.25, 0.3) is 0 Å². The largest absolute Gasteiger partial charge is 0.465 e. The molecule has 0 aliphatic heterocycles. The second-order valence-electron chi connectivity index (χ2n) is 3.94. The van der Waals surface area contributed by atoms with Crippen LogP contribution in [0.3, 0.4) is 0 Å². The first-order valence-electron chi connectivity index (χ1n) is 4.80. The first-order chi connectivity index (χ1) is 6.11. The van der Waals surface area contributed by atoms with Crippen molar-refractivity contribution in [2.45, 2.75) is 33.1 Å². The first kappa shape index (κ1) is 10.2. The fourth-order valence-electron chi connectivity index (χ4n) is 1.41. The summed E-state index contributed by atoms with van der Waals surface area (Å²) in [5, 5.41) is 0. The van der Waals surface area contributed by atoms with Crippen molar-refractivity contribution in [3.05, 3.63) is 0 Å². The molecule has 1 aliphatic carbocycles. The van der Waals surface area contributed by atoms with Gasteiger partial charge in [-0.25, -0.2) is 0 Å². The summed E-state index contributed by atoms with van der Waals surface area (Å²) in [6, 6.07) is 0. The summed E-state index contributed by atoms with van der Waals surface area (Å²) in [7, 11) is 0. The Morgan fingerprint density at radius 2 is 2.31 bits per heavy atom. The van der Waals surface area contributed by atoms with E-state index in [-0.39, 0.29) is 11.8 Å². The van der Waals surface area contributed by atoms with E-state index in [0.29, 0.717) is 25.4 Å². The van der Waals surface area contributed by atoms with Gasteiger partial charge in [-0.1, -0.05) is 13.8 Å². The van der Waals surface area contributed by atoms with Gasteiger partial charge in [0.25, 0.3) is 0 Å². The SMILES string of the molecule is CC(C)COC(=O)C1CCCC1=O. The summed E-state index contributed by atoms with van der Waals surface area (Å²) >= 11 is 0. The molecule has 0 aromatic carbocycles. The van der Waals surface area contributed by atoms with Crippen molar-refractivity contribution >= 4 is 11.8 Å². The summed E-state index contributed by atoms with van der Waals surface area (Å²) < 4.78 is 5.00. The van der Waals surface area contributed by atoms with Crippen LogP contribution < -0.4 is 0 Å². The van der Waals surface area contributed by atoms with E-state index in [4.69, 9.17) is 4.74 Å². The lowest BCUT2D eigenvalue weighted by molar-refractivity contribution is -0.151. The molecular formula is C10H16O3. The van der Waals surface area contributed by atoms with E-state index in [1.165, 1.54) is 0 Å². The topological polar surface area (TPSA) is 43.4 Å². The van der Waals surface area contributed by atoms with E-state index < -0.39 is 5.92 Å². The number of esters is 1. The molecule has 0 saturated heterocycles. The average Bonchev–Trinajstić information content (AvgIpc) is 2.47. The van der Waals surface area contributed by atoms with Crippen molar-refractivity contribution in [3.8, 4) is 0 Å². The van der Waals surface area contributed by atoms with Gasteiger partial charge in [0.15, 0.2) is 0 Å². The van der Waals surface area contributed by atoms with E-state index in [1.807, 2.05) is 13.8 Å². The molecule has 1 unspecified atom stereocenters. The van der Waals surface area contributed by atoms with Crippen molar-refractivity contribution in [2.24, 2.45) is 11.8 Å². The Morgan fingerprint density at radius 1 is 1.62 bits per heavy atom. The molecular weight excluding hydrogens is 168 g/mol. The molecule has 0 N–H and O–H groups in total. The Balaban J connectivity index is 2.34. The summed E-state index contributed by atoms with van der Waals surface area (Å²) in [6.07, 6.45) is 2.05. The fourth-order valence-corrected chi connectivity index (χ4v) is 1.41. The monoisotopic (exact) mass is 184 g/mol. The molecule has 0 bridgehead atoms. The molecule has 1 saturated carbocycles. The van der Waals surface area contributed by atoms with E-state index in [1.54, 1.807) is 0 Å². The van der Waals surface area contributed by atoms with Gasteiger partial charge in [-0.05, 0) is 18.8 Å². The first-order valence-corrected chi connectivity index (χ1v) is 4.80. The number of ether oxygens (including phenoxy) is 1. The second kappa shape index (κ2) is 4.40. The van der Waals surface area contributed by atoms with Crippen LogP contribution in [0.1, 0.15) is 33.1 Å². The number of hydrogen-bond donors (Lipinski definition) is 0. The van der Waals surface area contributed by atoms with E-state index in [2.05, 4.69) is 0 Å². The van der Waals surface area contributed by atoms with Gasteiger partial charge in [-0.2, -0.15) is 0 Å². The highest BCUT2D eigenvalue weighted by Gasteiger charge is 2.32. The molecule has 0 radical (unpaired) electrons. The molecule has 0 heterocycles. The molecule has 0 amide bonds. The van der Waals surface area contributed by atoms with Crippen LogP contribution in [-0.4, -0.2) is 18.4 Å². The normalized spacial score (nSPS) is 22.4.